The highest BCUT2D eigenvalue weighted by molar-refractivity contribution is 5.94. The van der Waals surface area contributed by atoms with Gasteiger partial charge in [-0.2, -0.15) is 0 Å². The third kappa shape index (κ3) is 3.13. The van der Waals surface area contributed by atoms with E-state index in [9.17, 15) is 9.18 Å². The second-order valence-electron chi connectivity index (χ2n) is 4.86. The minimum absolute atomic E-state index is 0.0292. The fraction of sp³-hybridized carbons (Fsp3) is 0.500. The standard InChI is InChI=1S/C14H18FNO/c1-11(17)13-5-2-4-12(8-13)9-14(15)6-3-7-16-10-14/h2,4-5,8,16H,3,6-7,9-10H2,1H3. The van der Waals surface area contributed by atoms with Gasteiger partial charge in [0, 0.05) is 18.5 Å². The van der Waals surface area contributed by atoms with Crippen molar-refractivity contribution < 1.29 is 9.18 Å². The van der Waals surface area contributed by atoms with Crippen LogP contribution in [0, 0.1) is 0 Å². The van der Waals surface area contributed by atoms with Gasteiger partial charge in [-0.15, -0.1) is 0 Å². The first kappa shape index (κ1) is 12.2. The molecular weight excluding hydrogens is 217 g/mol. The van der Waals surface area contributed by atoms with Gasteiger partial charge in [0.2, 0.25) is 0 Å². The normalized spacial score (nSPS) is 24.6. The zero-order chi connectivity index (χ0) is 12.3. The molecule has 0 amide bonds. The molecular formula is C14H18FNO. The van der Waals surface area contributed by atoms with Crippen LogP contribution in [0.3, 0.4) is 0 Å². The molecule has 1 N–H and O–H groups in total. The summed E-state index contributed by atoms with van der Waals surface area (Å²) in [6.07, 6.45) is 1.87. The van der Waals surface area contributed by atoms with Gasteiger partial charge in [-0.25, -0.2) is 4.39 Å². The predicted octanol–water partition coefficient (Wildman–Crippen LogP) is 2.52. The van der Waals surface area contributed by atoms with Crippen molar-refractivity contribution in [2.75, 3.05) is 13.1 Å². The molecule has 1 atom stereocenters. The lowest BCUT2D eigenvalue weighted by molar-refractivity contribution is 0.101. The summed E-state index contributed by atoms with van der Waals surface area (Å²) < 4.78 is 14.4. The number of carbonyl (C=O) groups is 1. The van der Waals surface area contributed by atoms with Gasteiger partial charge in [0.05, 0.1) is 0 Å². The van der Waals surface area contributed by atoms with E-state index >= 15 is 0 Å². The molecule has 0 spiro atoms. The Balaban J connectivity index is 2.12. The van der Waals surface area contributed by atoms with Crippen LogP contribution in [0.2, 0.25) is 0 Å². The van der Waals surface area contributed by atoms with Crippen LogP contribution in [0.25, 0.3) is 0 Å². The minimum atomic E-state index is -1.16. The SMILES string of the molecule is CC(=O)c1cccc(CC2(F)CCCNC2)c1. The maximum atomic E-state index is 14.4. The Labute approximate surface area is 101 Å². The van der Waals surface area contributed by atoms with E-state index in [-0.39, 0.29) is 5.78 Å². The summed E-state index contributed by atoms with van der Waals surface area (Å²) in [6.45, 7) is 2.85. The van der Waals surface area contributed by atoms with Gasteiger partial charge >= 0.3 is 0 Å². The van der Waals surface area contributed by atoms with E-state index in [4.69, 9.17) is 0 Å². The molecule has 0 aromatic heterocycles. The van der Waals surface area contributed by atoms with E-state index in [2.05, 4.69) is 5.32 Å². The first-order valence-corrected chi connectivity index (χ1v) is 6.09. The van der Waals surface area contributed by atoms with Crippen LogP contribution >= 0.6 is 0 Å². The van der Waals surface area contributed by atoms with E-state index in [0.717, 1.165) is 18.5 Å². The van der Waals surface area contributed by atoms with Gasteiger partial charge < -0.3 is 5.32 Å². The Bertz CT molecular complexity index is 410. The van der Waals surface area contributed by atoms with Crippen molar-refractivity contribution in [3.63, 3.8) is 0 Å². The van der Waals surface area contributed by atoms with Gasteiger partial charge in [-0.3, -0.25) is 4.79 Å². The van der Waals surface area contributed by atoms with Crippen molar-refractivity contribution in [2.24, 2.45) is 0 Å². The van der Waals surface area contributed by atoms with Crippen LogP contribution in [0.1, 0.15) is 35.7 Å². The van der Waals surface area contributed by atoms with Gasteiger partial charge in [0.1, 0.15) is 5.67 Å². The van der Waals surface area contributed by atoms with Crippen LogP contribution in [0.5, 0.6) is 0 Å². The number of carbonyl (C=O) groups excluding carboxylic acids is 1. The highest BCUT2D eigenvalue weighted by Crippen LogP contribution is 2.26. The number of halogens is 1. The molecule has 0 saturated carbocycles. The Hall–Kier alpha value is -1.22. The molecule has 3 heteroatoms. The summed E-state index contributed by atoms with van der Waals surface area (Å²) in [5.41, 5.74) is 0.409. The minimum Gasteiger partial charge on any atom is -0.314 e. The monoisotopic (exact) mass is 235 g/mol. The van der Waals surface area contributed by atoms with E-state index < -0.39 is 5.67 Å². The van der Waals surface area contributed by atoms with Crippen LogP contribution in [0.15, 0.2) is 24.3 Å². The second kappa shape index (κ2) is 4.96. The van der Waals surface area contributed by atoms with E-state index in [0.29, 0.717) is 24.9 Å². The number of ketones is 1. The average molecular weight is 235 g/mol. The molecule has 1 aromatic carbocycles. The zero-order valence-corrected chi connectivity index (χ0v) is 10.1. The molecule has 92 valence electrons. The van der Waals surface area contributed by atoms with E-state index in [1.165, 1.54) is 6.92 Å². The number of hydrogen-bond donors (Lipinski definition) is 1. The first-order valence-electron chi connectivity index (χ1n) is 6.09. The maximum Gasteiger partial charge on any atom is 0.159 e. The van der Waals surface area contributed by atoms with Gasteiger partial charge in [-0.1, -0.05) is 18.2 Å². The average Bonchev–Trinajstić information content (AvgIpc) is 2.29. The number of benzene rings is 1. The molecule has 1 saturated heterocycles. The topological polar surface area (TPSA) is 29.1 Å². The summed E-state index contributed by atoms with van der Waals surface area (Å²) in [5.74, 6) is 0.0292. The lowest BCUT2D eigenvalue weighted by Crippen LogP contribution is -2.43. The third-order valence-electron chi connectivity index (χ3n) is 3.27. The quantitative estimate of drug-likeness (QED) is 0.816. The smallest absolute Gasteiger partial charge is 0.159 e. The summed E-state index contributed by atoms with van der Waals surface area (Å²) in [7, 11) is 0. The second-order valence-corrected chi connectivity index (χ2v) is 4.86. The van der Waals surface area contributed by atoms with Gasteiger partial charge in [0.15, 0.2) is 5.78 Å². The number of piperidine rings is 1. The molecule has 1 aliphatic rings. The lowest BCUT2D eigenvalue weighted by Gasteiger charge is -2.30. The molecule has 1 aliphatic heterocycles. The number of alkyl halides is 1. The zero-order valence-electron chi connectivity index (χ0n) is 10.1. The predicted molar refractivity (Wildman–Crippen MR) is 66.1 cm³/mol. The number of nitrogens with one attached hydrogen (secondary N) is 1. The summed E-state index contributed by atoms with van der Waals surface area (Å²) in [4.78, 5) is 11.3. The Morgan fingerprint density at radius 3 is 3.00 bits per heavy atom. The highest BCUT2D eigenvalue weighted by Gasteiger charge is 2.31. The molecule has 1 aromatic rings. The molecule has 17 heavy (non-hydrogen) atoms. The number of rotatable bonds is 3. The van der Waals surface area contributed by atoms with Gasteiger partial charge in [-0.05, 0) is 37.9 Å². The Morgan fingerprint density at radius 1 is 1.53 bits per heavy atom. The third-order valence-corrected chi connectivity index (χ3v) is 3.27. The Kier molecular flexibility index (Phi) is 3.57. The molecule has 1 unspecified atom stereocenters. The van der Waals surface area contributed by atoms with Crippen molar-refractivity contribution >= 4 is 5.78 Å². The molecule has 1 fully saturated rings. The Morgan fingerprint density at radius 2 is 2.35 bits per heavy atom. The molecule has 2 rings (SSSR count). The van der Waals surface area contributed by atoms with Crippen LogP contribution < -0.4 is 5.32 Å². The summed E-state index contributed by atoms with van der Waals surface area (Å²) in [5, 5.41) is 3.09. The van der Waals surface area contributed by atoms with Crippen LogP contribution in [-0.2, 0) is 6.42 Å². The molecule has 1 heterocycles. The van der Waals surface area contributed by atoms with Crippen molar-refractivity contribution in [2.45, 2.75) is 31.9 Å². The lowest BCUT2D eigenvalue weighted by atomic mass is 9.88. The number of Topliss-reactive ketones (excluding diaryl/α,β-unsaturated/α-hetero) is 1. The largest absolute Gasteiger partial charge is 0.314 e. The molecule has 0 aliphatic carbocycles. The fourth-order valence-corrected chi connectivity index (χ4v) is 2.35. The molecule has 0 radical (unpaired) electrons. The van der Waals surface area contributed by atoms with Gasteiger partial charge in [0.25, 0.3) is 0 Å². The molecule has 2 nitrogen and oxygen atoms in total. The van der Waals surface area contributed by atoms with Crippen molar-refractivity contribution in [1.82, 2.24) is 5.32 Å². The molecule has 0 bridgehead atoms. The van der Waals surface area contributed by atoms with E-state index in [1.54, 1.807) is 12.1 Å². The summed E-state index contributed by atoms with van der Waals surface area (Å²) >= 11 is 0. The van der Waals surface area contributed by atoms with Crippen molar-refractivity contribution in [3.05, 3.63) is 35.4 Å². The first-order chi connectivity index (χ1) is 8.09. The van der Waals surface area contributed by atoms with Crippen LogP contribution in [0.4, 0.5) is 4.39 Å². The highest BCUT2D eigenvalue weighted by atomic mass is 19.1. The van der Waals surface area contributed by atoms with E-state index in [1.807, 2.05) is 12.1 Å². The van der Waals surface area contributed by atoms with Crippen LogP contribution in [-0.4, -0.2) is 24.5 Å². The maximum absolute atomic E-state index is 14.4. The van der Waals surface area contributed by atoms with Crippen molar-refractivity contribution in [1.29, 1.82) is 0 Å². The summed E-state index contributed by atoms with van der Waals surface area (Å²) in [6, 6.07) is 7.29. The fourth-order valence-electron chi connectivity index (χ4n) is 2.35. The van der Waals surface area contributed by atoms with Crippen molar-refractivity contribution in [3.8, 4) is 0 Å². The number of hydrogen-bond acceptors (Lipinski definition) is 2.